The Morgan fingerprint density at radius 2 is 2.31 bits per heavy atom. The Bertz CT molecular complexity index is 422. The molecule has 0 radical (unpaired) electrons. The van der Waals surface area contributed by atoms with Crippen molar-refractivity contribution in [3.63, 3.8) is 0 Å². The van der Waals surface area contributed by atoms with Crippen LogP contribution in [0.2, 0.25) is 5.15 Å². The van der Waals surface area contributed by atoms with Crippen LogP contribution in [0.5, 0.6) is 0 Å². The number of carbonyl (C=O) groups excluding carboxylic acids is 1. The Morgan fingerprint density at radius 1 is 1.62 bits per heavy atom. The molecule has 0 aliphatic rings. The fourth-order valence-electron chi connectivity index (χ4n) is 1.05. The largest absolute Gasteiger partial charge is 0.466 e. The molecule has 0 saturated heterocycles. The Hall–Kier alpha value is -1.69. The van der Waals surface area contributed by atoms with Gasteiger partial charge in [0.15, 0.2) is 0 Å². The first-order valence-corrected chi connectivity index (χ1v) is 4.87. The van der Waals surface area contributed by atoms with Crippen LogP contribution < -0.4 is 0 Å². The van der Waals surface area contributed by atoms with Crippen molar-refractivity contribution >= 4 is 23.4 Å². The van der Waals surface area contributed by atoms with Crippen molar-refractivity contribution in [3.8, 4) is 0 Å². The van der Waals surface area contributed by atoms with Crippen LogP contribution in [0.1, 0.15) is 12.5 Å². The summed E-state index contributed by atoms with van der Waals surface area (Å²) in [4.78, 5) is 24.4. The molecular weight excluding hydrogens is 236 g/mol. The summed E-state index contributed by atoms with van der Waals surface area (Å²) in [6.07, 6.45) is -0.0440. The topological polar surface area (TPSA) is 82.3 Å². The molecule has 0 N–H and O–H groups in total. The molecule has 0 spiro atoms. The minimum Gasteiger partial charge on any atom is -0.466 e. The first-order valence-electron chi connectivity index (χ1n) is 4.50. The van der Waals surface area contributed by atoms with Gasteiger partial charge in [-0.3, -0.25) is 4.79 Å². The van der Waals surface area contributed by atoms with Gasteiger partial charge in [-0.2, -0.15) is 0 Å². The zero-order valence-corrected chi connectivity index (χ0v) is 9.23. The van der Waals surface area contributed by atoms with E-state index in [2.05, 4.69) is 4.98 Å². The number of hydrogen-bond donors (Lipinski definition) is 0. The van der Waals surface area contributed by atoms with Crippen molar-refractivity contribution in [1.82, 2.24) is 4.98 Å². The molecule has 0 amide bonds. The fraction of sp³-hybridized carbons (Fsp3) is 0.333. The quantitative estimate of drug-likeness (QED) is 0.349. The van der Waals surface area contributed by atoms with E-state index in [1.54, 1.807) is 6.92 Å². The van der Waals surface area contributed by atoms with Gasteiger partial charge in [0.25, 0.3) is 0 Å². The lowest BCUT2D eigenvalue weighted by Gasteiger charge is -2.01. The van der Waals surface area contributed by atoms with Crippen LogP contribution in [-0.4, -0.2) is 22.5 Å². The molecule has 1 heterocycles. The standard InChI is InChI=1S/C9H9ClN2O4/c1-2-16-8(13)5-6-3-4-7(12(14)15)11-9(6)10/h3-4H,2,5H2,1H3. The van der Waals surface area contributed by atoms with Crippen molar-refractivity contribution in [2.45, 2.75) is 13.3 Å². The molecule has 1 rings (SSSR count). The zero-order valence-electron chi connectivity index (χ0n) is 8.47. The smallest absolute Gasteiger partial charge is 0.365 e. The number of nitro groups is 1. The Morgan fingerprint density at radius 3 is 2.81 bits per heavy atom. The molecule has 0 atom stereocenters. The molecule has 0 aliphatic carbocycles. The van der Waals surface area contributed by atoms with Gasteiger partial charge in [-0.25, -0.2) is 0 Å². The molecule has 0 fully saturated rings. The van der Waals surface area contributed by atoms with Crippen LogP contribution in [0.25, 0.3) is 0 Å². The fourth-order valence-corrected chi connectivity index (χ4v) is 1.27. The second-order valence-corrected chi connectivity index (χ2v) is 3.22. The highest BCUT2D eigenvalue weighted by molar-refractivity contribution is 6.30. The molecule has 0 saturated carbocycles. The van der Waals surface area contributed by atoms with Gasteiger partial charge in [0.1, 0.15) is 0 Å². The highest BCUT2D eigenvalue weighted by Gasteiger charge is 2.16. The predicted molar refractivity (Wildman–Crippen MR) is 56.2 cm³/mol. The second-order valence-electron chi connectivity index (χ2n) is 2.86. The van der Waals surface area contributed by atoms with Crippen molar-refractivity contribution in [3.05, 3.63) is 33.0 Å². The lowest BCUT2D eigenvalue weighted by Crippen LogP contribution is -2.08. The van der Waals surface area contributed by atoms with Gasteiger partial charge in [0.05, 0.1) is 13.0 Å². The van der Waals surface area contributed by atoms with Crippen LogP contribution in [0.15, 0.2) is 12.1 Å². The van der Waals surface area contributed by atoms with E-state index in [4.69, 9.17) is 16.3 Å². The van der Waals surface area contributed by atoms with Crippen molar-refractivity contribution < 1.29 is 14.5 Å². The Labute approximate surface area is 96.3 Å². The molecule has 1 aromatic heterocycles. The van der Waals surface area contributed by atoms with Crippen molar-refractivity contribution in [2.24, 2.45) is 0 Å². The van der Waals surface area contributed by atoms with Gasteiger partial charge in [-0.1, -0.05) is 0 Å². The summed E-state index contributed by atoms with van der Waals surface area (Å²) >= 11 is 5.69. The van der Waals surface area contributed by atoms with E-state index in [0.29, 0.717) is 5.56 Å². The SMILES string of the molecule is CCOC(=O)Cc1ccc([N+](=O)[O-])nc1Cl. The van der Waals surface area contributed by atoms with E-state index in [0.717, 1.165) is 0 Å². The van der Waals surface area contributed by atoms with Crippen LogP contribution in [-0.2, 0) is 16.0 Å². The number of halogens is 1. The highest BCUT2D eigenvalue weighted by atomic mass is 35.5. The number of esters is 1. The van der Waals surface area contributed by atoms with E-state index in [9.17, 15) is 14.9 Å². The third-order valence-corrected chi connectivity index (χ3v) is 2.07. The van der Waals surface area contributed by atoms with Crippen LogP contribution >= 0.6 is 11.6 Å². The second kappa shape index (κ2) is 5.41. The molecule has 1 aromatic rings. The molecule has 0 unspecified atom stereocenters. The number of carbonyl (C=O) groups is 1. The van der Waals surface area contributed by atoms with Gasteiger partial charge in [0.2, 0.25) is 5.15 Å². The summed E-state index contributed by atoms with van der Waals surface area (Å²) in [6.45, 7) is 1.96. The molecule has 86 valence electrons. The Balaban J connectivity index is 2.83. The van der Waals surface area contributed by atoms with Crippen molar-refractivity contribution in [1.29, 1.82) is 0 Å². The van der Waals surface area contributed by atoms with Crippen LogP contribution in [0, 0.1) is 10.1 Å². The number of ether oxygens (including phenoxy) is 1. The van der Waals surface area contributed by atoms with Crippen LogP contribution in [0.3, 0.4) is 0 Å². The van der Waals surface area contributed by atoms with E-state index < -0.39 is 10.9 Å². The van der Waals surface area contributed by atoms with E-state index in [-0.39, 0.29) is 24.0 Å². The number of rotatable bonds is 4. The third kappa shape index (κ3) is 3.16. The minimum absolute atomic E-state index is 0.0440. The monoisotopic (exact) mass is 244 g/mol. The first kappa shape index (κ1) is 12.4. The first-order chi connectivity index (χ1) is 7.54. The predicted octanol–water partition coefficient (Wildman–Crippen LogP) is 1.75. The summed E-state index contributed by atoms with van der Waals surface area (Å²) in [5.74, 6) is -0.794. The van der Waals surface area contributed by atoms with Gasteiger partial charge < -0.3 is 14.9 Å². The summed E-state index contributed by atoms with van der Waals surface area (Å²) in [6, 6.07) is 2.59. The molecule has 6 nitrogen and oxygen atoms in total. The molecule has 16 heavy (non-hydrogen) atoms. The van der Waals surface area contributed by atoms with Gasteiger partial charge in [-0.05, 0) is 34.5 Å². The Kier molecular flexibility index (Phi) is 4.19. The van der Waals surface area contributed by atoms with E-state index >= 15 is 0 Å². The van der Waals surface area contributed by atoms with Crippen LogP contribution in [0.4, 0.5) is 5.82 Å². The lowest BCUT2D eigenvalue weighted by atomic mass is 10.2. The number of pyridine rings is 1. The van der Waals surface area contributed by atoms with Gasteiger partial charge in [-0.15, -0.1) is 0 Å². The molecule has 0 bridgehead atoms. The normalized spacial score (nSPS) is 9.88. The lowest BCUT2D eigenvalue weighted by molar-refractivity contribution is -0.389. The van der Waals surface area contributed by atoms with Gasteiger partial charge >= 0.3 is 11.8 Å². The summed E-state index contributed by atoms with van der Waals surface area (Å²) < 4.78 is 4.72. The zero-order chi connectivity index (χ0) is 12.1. The highest BCUT2D eigenvalue weighted by Crippen LogP contribution is 2.18. The maximum Gasteiger partial charge on any atom is 0.365 e. The molecule has 0 aliphatic heterocycles. The summed E-state index contributed by atoms with van der Waals surface area (Å²) in [7, 11) is 0. The number of hydrogen-bond acceptors (Lipinski definition) is 5. The van der Waals surface area contributed by atoms with E-state index in [1.165, 1.54) is 12.1 Å². The maximum absolute atomic E-state index is 11.1. The molecular formula is C9H9ClN2O4. The van der Waals surface area contributed by atoms with Gasteiger partial charge in [0, 0.05) is 11.6 Å². The average Bonchev–Trinajstić information content (AvgIpc) is 2.21. The maximum atomic E-state index is 11.1. The third-order valence-electron chi connectivity index (χ3n) is 1.74. The minimum atomic E-state index is -0.653. The summed E-state index contributed by atoms with van der Waals surface area (Å²) in [5, 5.41) is 10.3. The average molecular weight is 245 g/mol. The number of aromatic nitrogens is 1. The molecule has 7 heteroatoms. The van der Waals surface area contributed by atoms with Crippen molar-refractivity contribution in [2.75, 3.05) is 6.61 Å². The molecule has 0 aromatic carbocycles. The van der Waals surface area contributed by atoms with E-state index in [1.807, 2.05) is 0 Å². The summed E-state index contributed by atoms with van der Waals surface area (Å²) in [5.41, 5.74) is 0.408. The number of nitrogens with zero attached hydrogens (tertiary/aromatic N) is 2.